The van der Waals surface area contributed by atoms with Crippen LogP contribution in [0.1, 0.15) is 194 Å². The van der Waals surface area contributed by atoms with Crippen LogP contribution in [0, 0.1) is 0 Å². The number of Topliss-reactive ketones (excluding diaryl/α,β-unsaturated/α-hetero) is 2. The second kappa shape index (κ2) is 33.9. The minimum Gasteiger partial charge on any atom is -0.387 e. The lowest BCUT2D eigenvalue weighted by molar-refractivity contribution is -0.870. The molecule has 0 rings (SSSR count). The van der Waals surface area contributed by atoms with Crippen molar-refractivity contribution in [3.8, 4) is 0 Å². The summed E-state index contributed by atoms with van der Waals surface area (Å²) in [5.74, 6) is -1.54. The van der Waals surface area contributed by atoms with Crippen molar-refractivity contribution in [2.75, 3.05) is 40.9 Å². The Morgan fingerprint density at radius 2 is 0.926 bits per heavy atom. The van der Waals surface area contributed by atoms with Crippen molar-refractivity contribution >= 4 is 19.4 Å². The van der Waals surface area contributed by atoms with E-state index in [1.807, 2.05) is 21.1 Å². The first-order valence-corrected chi connectivity index (χ1v) is 23.5. The van der Waals surface area contributed by atoms with Gasteiger partial charge in [0.2, 0.25) is 5.60 Å². The number of phosphoric ester groups is 1. The van der Waals surface area contributed by atoms with Crippen LogP contribution in [-0.2, 0) is 23.2 Å². The fourth-order valence-corrected chi connectivity index (χ4v) is 7.09. The van der Waals surface area contributed by atoms with Crippen molar-refractivity contribution < 1.29 is 42.8 Å². The average molecular weight is 787 g/mol. The van der Waals surface area contributed by atoms with E-state index in [0.29, 0.717) is 23.9 Å². The molecule has 0 aromatic heterocycles. The number of nitrogens with zero attached hydrogens (tertiary/aromatic N) is 1. The second-order valence-electron chi connectivity index (χ2n) is 16.4. The average Bonchev–Trinajstić information content (AvgIpc) is 3.12. The molecular formula is C44H85NO8P+. The summed E-state index contributed by atoms with van der Waals surface area (Å²) < 4.78 is 22.9. The molecule has 0 aromatic rings. The number of carbonyl (C=O) groups is 2. The van der Waals surface area contributed by atoms with E-state index in [1.54, 1.807) is 0 Å². The Hall–Kier alpha value is -1.19. The fourth-order valence-electron chi connectivity index (χ4n) is 6.37. The summed E-state index contributed by atoms with van der Waals surface area (Å²) in [6.07, 6.45) is 35.6. The SMILES string of the molecule is CCCCCCCC/C=C\CCCCCCCC(=O)C(O)(C(=O)CCCCCCC/C=C\CCCCCCCC)[C@@H](O)COP(=O)(O)OCC[N+](C)(C)C. The van der Waals surface area contributed by atoms with Crippen LogP contribution in [0.2, 0.25) is 0 Å². The zero-order chi connectivity index (χ0) is 40.4. The van der Waals surface area contributed by atoms with Crippen LogP contribution < -0.4 is 0 Å². The van der Waals surface area contributed by atoms with Crippen molar-refractivity contribution in [2.24, 2.45) is 0 Å². The lowest BCUT2D eigenvalue weighted by Gasteiger charge is -2.30. The quantitative estimate of drug-likeness (QED) is 0.0184. The van der Waals surface area contributed by atoms with Gasteiger partial charge in [-0.3, -0.25) is 18.6 Å². The number of quaternary nitrogens is 1. The number of allylic oxidation sites excluding steroid dienone is 4. The number of aliphatic hydroxyl groups excluding tert-OH is 1. The van der Waals surface area contributed by atoms with Crippen molar-refractivity contribution in [3.05, 3.63) is 24.3 Å². The molecule has 0 aromatic carbocycles. The van der Waals surface area contributed by atoms with Crippen LogP contribution in [0.5, 0.6) is 0 Å². The molecule has 0 fully saturated rings. The van der Waals surface area contributed by atoms with Gasteiger partial charge in [0.05, 0.1) is 27.7 Å². The van der Waals surface area contributed by atoms with Crippen LogP contribution in [0.25, 0.3) is 0 Å². The highest BCUT2D eigenvalue weighted by Gasteiger charge is 2.49. The maximum atomic E-state index is 13.4. The number of likely N-dealkylation sites (N-methyl/N-ethyl adjacent to an activating group) is 1. The summed E-state index contributed by atoms with van der Waals surface area (Å²) in [7, 11) is 1.12. The van der Waals surface area contributed by atoms with Crippen LogP contribution >= 0.6 is 7.82 Å². The van der Waals surface area contributed by atoms with Crippen LogP contribution in [0.4, 0.5) is 0 Å². The summed E-state index contributed by atoms with van der Waals surface area (Å²) in [4.78, 5) is 36.9. The highest BCUT2D eigenvalue weighted by molar-refractivity contribution is 7.47. The molecule has 0 spiro atoms. The zero-order valence-electron chi connectivity index (χ0n) is 35.6. The maximum absolute atomic E-state index is 13.4. The number of aliphatic hydroxyl groups is 2. The van der Waals surface area contributed by atoms with Crippen LogP contribution in [0.3, 0.4) is 0 Å². The van der Waals surface area contributed by atoms with Crippen molar-refractivity contribution in [1.82, 2.24) is 0 Å². The van der Waals surface area contributed by atoms with Crippen LogP contribution in [-0.4, -0.2) is 83.8 Å². The molecule has 0 saturated carbocycles. The minimum absolute atomic E-state index is 0.0688. The zero-order valence-corrected chi connectivity index (χ0v) is 36.5. The molecule has 9 nitrogen and oxygen atoms in total. The smallest absolute Gasteiger partial charge is 0.387 e. The Labute approximate surface area is 332 Å². The third-order valence-electron chi connectivity index (χ3n) is 10.1. The fraction of sp³-hybridized carbons (Fsp3) is 0.864. The van der Waals surface area contributed by atoms with E-state index in [-0.39, 0.29) is 19.4 Å². The highest BCUT2D eigenvalue weighted by atomic mass is 31.2. The maximum Gasteiger partial charge on any atom is 0.472 e. The van der Waals surface area contributed by atoms with Gasteiger partial charge in [0.15, 0.2) is 11.6 Å². The van der Waals surface area contributed by atoms with Gasteiger partial charge in [-0.15, -0.1) is 0 Å². The first kappa shape index (κ1) is 52.8. The van der Waals surface area contributed by atoms with Gasteiger partial charge in [0.25, 0.3) is 0 Å². The van der Waals surface area contributed by atoms with Crippen molar-refractivity contribution in [2.45, 2.75) is 205 Å². The monoisotopic (exact) mass is 787 g/mol. The van der Waals surface area contributed by atoms with E-state index >= 15 is 0 Å². The van der Waals surface area contributed by atoms with Gasteiger partial charge in [0, 0.05) is 12.8 Å². The van der Waals surface area contributed by atoms with E-state index in [4.69, 9.17) is 9.05 Å². The van der Waals surface area contributed by atoms with E-state index in [2.05, 4.69) is 38.2 Å². The molecule has 10 heteroatoms. The van der Waals surface area contributed by atoms with Gasteiger partial charge in [-0.25, -0.2) is 4.57 Å². The first-order chi connectivity index (χ1) is 25.8. The number of phosphoric acid groups is 1. The number of ketones is 2. The van der Waals surface area contributed by atoms with E-state index in [1.165, 1.54) is 77.0 Å². The van der Waals surface area contributed by atoms with Gasteiger partial charge in [-0.2, -0.15) is 0 Å². The van der Waals surface area contributed by atoms with E-state index < -0.39 is 37.7 Å². The number of hydrogen-bond acceptors (Lipinski definition) is 7. The molecule has 54 heavy (non-hydrogen) atoms. The molecule has 0 radical (unpaired) electrons. The summed E-state index contributed by atoms with van der Waals surface area (Å²) >= 11 is 0. The normalized spacial score (nSPS) is 14.3. The largest absolute Gasteiger partial charge is 0.472 e. The van der Waals surface area contributed by atoms with Gasteiger partial charge in [-0.1, -0.05) is 141 Å². The Morgan fingerprint density at radius 3 is 1.28 bits per heavy atom. The molecule has 0 aliphatic carbocycles. The predicted octanol–water partition coefficient (Wildman–Crippen LogP) is 11.1. The molecule has 3 N–H and O–H groups in total. The second-order valence-corrected chi connectivity index (χ2v) is 17.9. The lowest BCUT2D eigenvalue weighted by Crippen LogP contribution is -2.57. The van der Waals surface area contributed by atoms with Crippen molar-refractivity contribution in [1.29, 1.82) is 0 Å². The third kappa shape index (κ3) is 30.0. The molecule has 2 atom stereocenters. The molecule has 0 saturated heterocycles. The summed E-state index contributed by atoms with van der Waals surface area (Å²) in [6.45, 7) is 3.96. The standard InChI is InChI=1S/C44H84NO8P/c1-6-8-10-12-14-16-18-20-22-24-26-28-30-32-34-36-41(46)44(49,43(48)40-53-54(50,51)52-39-38-45(3,4)5)42(47)37-35-33-31-29-27-25-23-21-19-17-15-13-11-9-7-2/h20-23,43,48-49H,6-19,24-40H2,1-5H3/p+1/b22-20-,23-21-/t43-/m0/s1. The molecule has 318 valence electrons. The summed E-state index contributed by atoms with van der Waals surface area (Å²) in [5.41, 5.74) is -2.70. The molecule has 0 bridgehead atoms. The summed E-state index contributed by atoms with van der Waals surface area (Å²) in [6, 6.07) is 0. The first-order valence-electron chi connectivity index (χ1n) is 22.0. The Bertz CT molecular complexity index is 973. The highest BCUT2D eigenvalue weighted by Crippen LogP contribution is 2.43. The number of hydrogen-bond donors (Lipinski definition) is 3. The predicted molar refractivity (Wildman–Crippen MR) is 225 cm³/mol. The minimum atomic E-state index is -4.58. The van der Waals surface area contributed by atoms with Crippen LogP contribution in [0.15, 0.2) is 24.3 Å². The number of rotatable bonds is 40. The third-order valence-corrected chi connectivity index (χ3v) is 11.1. The molecular weight excluding hydrogens is 701 g/mol. The molecule has 0 heterocycles. The number of unbranched alkanes of at least 4 members (excludes halogenated alkanes) is 22. The topological polar surface area (TPSA) is 130 Å². The Kier molecular flexibility index (Phi) is 33.2. The number of carbonyl (C=O) groups excluding carboxylic acids is 2. The summed E-state index contributed by atoms with van der Waals surface area (Å²) in [5, 5.41) is 22.4. The molecule has 0 aliphatic rings. The molecule has 0 amide bonds. The molecule has 0 aliphatic heterocycles. The van der Waals surface area contributed by atoms with Gasteiger partial charge < -0.3 is 19.6 Å². The van der Waals surface area contributed by atoms with E-state index in [0.717, 1.165) is 77.0 Å². The molecule has 1 unspecified atom stereocenters. The lowest BCUT2D eigenvalue weighted by atomic mass is 9.82. The Morgan fingerprint density at radius 1 is 0.593 bits per heavy atom. The van der Waals surface area contributed by atoms with Gasteiger partial charge in [-0.05, 0) is 64.2 Å². The van der Waals surface area contributed by atoms with Crippen molar-refractivity contribution in [3.63, 3.8) is 0 Å². The Balaban J connectivity index is 4.78. The van der Waals surface area contributed by atoms with E-state index in [9.17, 15) is 29.3 Å². The van der Waals surface area contributed by atoms with Gasteiger partial charge >= 0.3 is 7.82 Å². The van der Waals surface area contributed by atoms with Gasteiger partial charge in [0.1, 0.15) is 19.3 Å².